The molecule has 1 aliphatic heterocycles. The summed E-state index contributed by atoms with van der Waals surface area (Å²) in [5.41, 5.74) is 1.05. The Hall–Kier alpha value is -0.870. The summed E-state index contributed by atoms with van der Waals surface area (Å²) in [6.45, 7) is 1.18. The van der Waals surface area contributed by atoms with Crippen molar-refractivity contribution < 1.29 is 8.42 Å². The van der Waals surface area contributed by atoms with Crippen LogP contribution in [-0.2, 0) is 16.6 Å². The Bertz CT molecular complexity index is 385. The van der Waals surface area contributed by atoms with Gasteiger partial charge in [-0.3, -0.25) is 0 Å². The first-order valence-electron chi connectivity index (χ1n) is 4.20. The van der Waals surface area contributed by atoms with Crippen LogP contribution < -0.4 is 0 Å². The molecule has 1 fully saturated rings. The highest BCUT2D eigenvalue weighted by Gasteiger charge is 2.31. The summed E-state index contributed by atoms with van der Waals surface area (Å²) < 4.78 is 23.8. The number of benzene rings is 1. The minimum absolute atomic E-state index is 0.305. The van der Waals surface area contributed by atoms with Crippen LogP contribution in [0.5, 0.6) is 0 Å². The van der Waals surface area contributed by atoms with E-state index < -0.39 is 10.0 Å². The maximum atomic E-state index is 11.1. The van der Waals surface area contributed by atoms with Gasteiger partial charge < -0.3 is 0 Å². The molecule has 1 aromatic rings. The van der Waals surface area contributed by atoms with E-state index in [1.165, 1.54) is 4.31 Å². The summed E-state index contributed by atoms with van der Waals surface area (Å²) in [6.07, 6.45) is 0. The van der Waals surface area contributed by atoms with Crippen molar-refractivity contribution in [1.82, 2.24) is 4.31 Å². The van der Waals surface area contributed by atoms with Gasteiger partial charge >= 0.3 is 0 Å². The maximum Gasteiger partial charge on any atom is 0.215 e. The monoisotopic (exact) mass is 197 g/mol. The van der Waals surface area contributed by atoms with E-state index >= 15 is 0 Å². The van der Waals surface area contributed by atoms with E-state index in [0.717, 1.165) is 5.56 Å². The van der Waals surface area contributed by atoms with E-state index in [1.54, 1.807) is 0 Å². The van der Waals surface area contributed by atoms with E-state index in [9.17, 15) is 8.42 Å². The first-order valence-corrected chi connectivity index (χ1v) is 5.81. The fourth-order valence-electron chi connectivity index (χ4n) is 1.33. The molecule has 0 bridgehead atoms. The molecule has 4 heteroatoms. The lowest BCUT2D eigenvalue weighted by atomic mass is 10.2. The minimum atomic E-state index is -2.89. The van der Waals surface area contributed by atoms with Gasteiger partial charge in [-0.1, -0.05) is 30.3 Å². The summed E-state index contributed by atoms with van der Waals surface area (Å²) in [6, 6.07) is 9.64. The van der Waals surface area contributed by atoms with Crippen molar-refractivity contribution in [2.75, 3.05) is 12.3 Å². The molecule has 0 unspecified atom stereocenters. The molecule has 0 amide bonds. The number of hydrogen-bond acceptors (Lipinski definition) is 2. The van der Waals surface area contributed by atoms with Crippen LogP contribution in [0.2, 0.25) is 0 Å². The maximum absolute atomic E-state index is 11.1. The van der Waals surface area contributed by atoms with Crippen LogP contribution in [0.15, 0.2) is 30.3 Å². The normalized spacial score (nSPS) is 20.9. The van der Waals surface area contributed by atoms with Crippen molar-refractivity contribution in [1.29, 1.82) is 0 Å². The summed E-state index contributed by atoms with van der Waals surface area (Å²) >= 11 is 0. The number of rotatable bonds is 2. The van der Waals surface area contributed by atoms with Gasteiger partial charge in [-0.25, -0.2) is 8.42 Å². The highest BCUT2D eigenvalue weighted by molar-refractivity contribution is 7.90. The molecule has 1 heterocycles. The molecule has 3 nitrogen and oxygen atoms in total. The largest absolute Gasteiger partial charge is 0.215 e. The van der Waals surface area contributed by atoms with Crippen LogP contribution in [0, 0.1) is 0 Å². The van der Waals surface area contributed by atoms with Crippen molar-refractivity contribution in [3.63, 3.8) is 0 Å². The summed E-state index contributed by atoms with van der Waals surface area (Å²) in [5, 5.41) is 0. The Morgan fingerprint density at radius 3 is 2.38 bits per heavy atom. The molecular weight excluding hydrogens is 186 g/mol. The molecule has 0 saturated carbocycles. The van der Waals surface area contributed by atoms with Gasteiger partial charge in [-0.2, -0.15) is 4.31 Å². The molecule has 0 radical (unpaired) electrons. The van der Waals surface area contributed by atoms with Crippen molar-refractivity contribution in [2.45, 2.75) is 6.54 Å². The molecular formula is C9H11NO2S. The molecule has 1 saturated heterocycles. The summed E-state index contributed by atoms with van der Waals surface area (Å²) in [5.74, 6) is 0.305. The molecule has 0 spiro atoms. The molecule has 0 atom stereocenters. The molecule has 0 aliphatic carbocycles. The Morgan fingerprint density at radius 1 is 1.23 bits per heavy atom. The van der Waals surface area contributed by atoms with Gasteiger partial charge in [0.25, 0.3) is 0 Å². The van der Waals surface area contributed by atoms with Gasteiger partial charge in [-0.15, -0.1) is 0 Å². The fraction of sp³-hybridized carbons (Fsp3) is 0.333. The molecule has 1 aliphatic rings. The van der Waals surface area contributed by atoms with Gasteiger partial charge in [0.1, 0.15) is 0 Å². The van der Waals surface area contributed by atoms with Crippen molar-refractivity contribution in [3.8, 4) is 0 Å². The van der Waals surface area contributed by atoms with Crippen LogP contribution >= 0.6 is 0 Å². The second-order valence-corrected chi connectivity index (χ2v) is 5.22. The molecule has 1 aromatic carbocycles. The van der Waals surface area contributed by atoms with Gasteiger partial charge in [0.2, 0.25) is 10.0 Å². The Balaban J connectivity index is 2.08. The third-order valence-corrected chi connectivity index (χ3v) is 3.99. The fourth-order valence-corrected chi connectivity index (χ4v) is 2.42. The van der Waals surface area contributed by atoms with Crippen LogP contribution in [0.3, 0.4) is 0 Å². The van der Waals surface area contributed by atoms with Crippen LogP contribution in [0.4, 0.5) is 0 Å². The van der Waals surface area contributed by atoms with Gasteiger partial charge in [-0.05, 0) is 5.56 Å². The lowest BCUT2D eigenvalue weighted by Crippen LogP contribution is -2.46. The number of hydrogen-bond donors (Lipinski definition) is 0. The van der Waals surface area contributed by atoms with E-state index in [1.807, 2.05) is 30.3 Å². The van der Waals surface area contributed by atoms with E-state index in [4.69, 9.17) is 0 Å². The first kappa shape index (κ1) is 8.72. The van der Waals surface area contributed by atoms with Crippen molar-refractivity contribution in [2.24, 2.45) is 0 Å². The second kappa shape index (κ2) is 3.12. The van der Waals surface area contributed by atoms with E-state index in [2.05, 4.69) is 0 Å². The molecule has 70 valence electrons. The lowest BCUT2D eigenvalue weighted by molar-refractivity contribution is 0.379. The zero-order valence-electron chi connectivity index (χ0n) is 7.18. The van der Waals surface area contributed by atoms with E-state index in [0.29, 0.717) is 18.8 Å². The zero-order valence-corrected chi connectivity index (χ0v) is 8.00. The second-order valence-electron chi connectivity index (χ2n) is 3.14. The number of nitrogens with zero attached hydrogens (tertiary/aromatic N) is 1. The molecule has 2 rings (SSSR count). The standard InChI is InChI=1S/C9H11NO2S/c11-13(12)7-6-10(13)8-9-4-2-1-3-5-9/h1-5H,6-8H2. The quantitative estimate of drug-likeness (QED) is 0.704. The highest BCUT2D eigenvalue weighted by atomic mass is 32.2. The zero-order chi connectivity index (χ0) is 9.31. The first-order chi connectivity index (χ1) is 6.18. The van der Waals surface area contributed by atoms with Crippen LogP contribution in [0.1, 0.15) is 5.56 Å². The lowest BCUT2D eigenvalue weighted by Gasteiger charge is -2.30. The predicted octanol–water partition coefficient (Wildman–Crippen LogP) is 0.832. The third-order valence-electron chi connectivity index (χ3n) is 2.19. The van der Waals surface area contributed by atoms with Crippen LogP contribution in [-0.4, -0.2) is 25.0 Å². The van der Waals surface area contributed by atoms with Crippen LogP contribution in [0.25, 0.3) is 0 Å². The smallest absolute Gasteiger partial charge is 0.212 e. The molecule has 0 N–H and O–H groups in total. The van der Waals surface area contributed by atoms with Gasteiger partial charge in [0.15, 0.2) is 0 Å². The van der Waals surface area contributed by atoms with Gasteiger partial charge in [0, 0.05) is 13.1 Å². The average molecular weight is 197 g/mol. The average Bonchev–Trinajstić information content (AvgIpc) is 2.15. The number of sulfonamides is 1. The highest BCUT2D eigenvalue weighted by Crippen LogP contribution is 2.16. The Kier molecular flexibility index (Phi) is 2.09. The third kappa shape index (κ3) is 1.73. The van der Waals surface area contributed by atoms with Gasteiger partial charge in [0.05, 0.1) is 5.75 Å². The topological polar surface area (TPSA) is 37.4 Å². The predicted molar refractivity (Wildman–Crippen MR) is 50.6 cm³/mol. The van der Waals surface area contributed by atoms with E-state index in [-0.39, 0.29) is 0 Å². The Labute approximate surface area is 78.0 Å². The molecule has 0 aromatic heterocycles. The van der Waals surface area contributed by atoms with Crippen molar-refractivity contribution >= 4 is 10.0 Å². The summed E-state index contributed by atoms with van der Waals surface area (Å²) in [4.78, 5) is 0. The molecule has 13 heavy (non-hydrogen) atoms. The minimum Gasteiger partial charge on any atom is -0.212 e. The van der Waals surface area contributed by atoms with Crippen molar-refractivity contribution in [3.05, 3.63) is 35.9 Å². The summed E-state index contributed by atoms with van der Waals surface area (Å²) in [7, 11) is -2.89. The Morgan fingerprint density at radius 2 is 1.92 bits per heavy atom. The SMILES string of the molecule is O=S1(=O)CCN1Cc1ccccc1.